The third-order valence-electron chi connectivity index (χ3n) is 12.2. The summed E-state index contributed by atoms with van der Waals surface area (Å²) in [5, 5.41) is 8.62. The van der Waals surface area contributed by atoms with Gasteiger partial charge >= 0.3 is 0 Å². The van der Waals surface area contributed by atoms with Crippen LogP contribution in [0.5, 0.6) is 0 Å². The highest BCUT2D eigenvalue weighted by Crippen LogP contribution is 2.46. The van der Waals surface area contributed by atoms with Gasteiger partial charge in [0.25, 0.3) is 0 Å². The van der Waals surface area contributed by atoms with E-state index in [0.29, 0.717) is 5.84 Å². The van der Waals surface area contributed by atoms with Gasteiger partial charge in [-0.3, -0.25) is 0 Å². The second-order valence-corrected chi connectivity index (χ2v) is 15.7. The number of hydrogen-bond acceptors (Lipinski definition) is 3. The first-order valence-electron chi connectivity index (χ1n) is 21.1. The van der Waals surface area contributed by atoms with Crippen LogP contribution < -0.4 is 5.32 Å². The third-order valence-corrected chi connectivity index (χ3v) is 12.2. The maximum Gasteiger partial charge on any atom is 0.159 e. The standard InChI is InChI=1S/C57H39N5/c1-5-20-38(21-6-1)42-30-17-33-47-53-44(43-31-18-36-50-52(43)45-28-13-15-34-48(45)61(50)41-26-11-4-12-27-41)32-19-37-51(53)62(54(42)47)49-35-16-14-29-46(49)57-59-55(39-22-7-2-8-23-39)58-56(60-57)40-24-9-3-10-25-40/h1-37,57H,(H,58,59,60). The molecule has 0 bridgehead atoms. The molecule has 0 saturated carbocycles. The van der Waals surface area contributed by atoms with Crippen LogP contribution in [-0.4, -0.2) is 20.8 Å². The van der Waals surface area contributed by atoms with E-state index in [1.807, 2.05) is 24.3 Å². The van der Waals surface area contributed by atoms with Crippen molar-refractivity contribution in [3.05, 3.63) is 241 Å². The van der Waals surface area contributed by atoms with E-state index in [9.17, 15) is 0 Å². The van der Waals surface area contributed by atoms with Gasteiger partial charge in [-0.25, -0.2) is 9.98 Å². The van der Waals surface area contributed by atoms with E-state index in [-0.39, 0.29) is 0 Å². The molecule has 1 atom stereocenters. The molecule has 5 nitrogen and oxygen atoms in total. The fourth-order valence-electron chi connectivity index (χ4n) is 9.53. The van der Waals surface area contributed by atoms with Crippen LogP contribution in [0.15, 0.2) is 234 Å². The summed E-state index contributed by atoms with van der Waals surface area (Å²) in [5.41, 5.74) is 14.6. The highest BCUT2D eigenvalue weighted by Gasteiger charge is 2.27. The van der Waals surface area contributed by atoms with Gasteiger partial charge in [0.05, 0.1) is 27.8 Å². The average molecular weight is 794 g/mol. The van der Waals surface area contributed by atoms with E-state index >= 15 is 0 Å². The van der Waals surface area contributed by atoms with Gasteiger partial charge in [-0.2, -0.15) is 0 Å². The summed E-state index contributed by atoms with van der Waals surface area (Å²) in [5.74, 6) is 1.48. The normalized spacial score (nSPS) is 14.0. The molecule has 5 heteroatoms. The summed E-state index contributed by atoms with van der Waals surface area (Å²) >= 11 is 0. The summed E-state index contributed by atoms with van der Waals surface area (Å²) in [4.78, 5) is 10.5. The van der Waals surface area contributed by atoms with Gasteiger partial charge in [-0.05, 0) is 53.1 Å². The molecule has 11 aromatic rings. The molecular weight excluding hydrogens is 755 g/mol. The number of nitrogens with zero attached hydrogens (tertiary/aromatic N) is 4. The molecule has 0 fully saturated rings. The molecule has 292 valence electrons. The van der Waals surface area contributed by atoms with Gasteiger partial charge in [-0.1, -0.05) is 188 Å². The second-order valence-electron chi connectivity index (χ2n) is 15.7. The molecule has 1 unspecified atom stereocenters. The van der Waals surface area contributed by atoms with Crippen LogP contribution in [0.4, 0.5) is 0 Å². The Morgan fingerprint density at radius 2 is 0.903 bits per heavy atom. The molecule has 9 aromatic carbocycles. The van der Waals surface area contributed by atoms with Crippen LogP contribution >= 0.6 is 0 Å². The number of para-hydroxylation sites is 4. The quantitative estimate of drug-likeness (QED) is 0.172. The zero-order valence-corrected chi connectivity index (χ0v) is 33.7. The second kappa shape index (κ2) is 14.8. The van der Waals surface area contributed by atoms with E-state index in [0.717, 1.165) is 56.1 Å². The summed E-state index contributed by atoms with van der Waals surface area (Å²) in [6, 6.07) is 79.9. The third kappa shape index (κ3) is 5.78. The van der Waals surface area contributed by atoms with Gasteiger partial charge in [0, 0.05) is 49.5 Å². The minimum atomic E-state index is -0.424. The van der Waals surface area contributed by atoms with Gasteiger partial charge in [0.15, 0.2) is 5.84 Å². The van der Waals surface area contributed by atoms with Crippen molar-refractivity contribution in [3.63, 3.8) is 0 Å². The first kappa shape index (κ1) is 35.6. The molecule has 0 spiro atoms. The molecule has 1 aliphatic heterocycles. The van der Waals surface area contributed by atoms with Crippen LogP contribution in [0.3, 0.4) is 0 Å². The number of benzene rings is 9. The average Bonchev–Trinajstić information content (AvgIpc) is 3.88. The molecule has 3 heterocycles. The largest absolute Gasteiger partial charge is 0.344 e. The van der Waals surface area contributed by atoms with Crippen LogP contribution in [0, 0.1) is 0 Å². The molecule has 0 radical (unpaired) electrons. The number of rotatable bonds is 7. The lowest BCUT2D eigenvalue weighted by molar-refractivity contribution is 0.670. The van der Waals surface area contributed by atoms with Gasteiger partial charge in [0.1, 0.15) is 12.0 Å². The fourth-order valence-corrected chi connectivity index (χ4v) is 9.53. The Labute approximate surface area is 359 Å². The van der Waals surface area contributed by atoms with Crippen molar-refractivity contribution in [1.29, 1.82) is 0 Å². The topological polar surface area (TPSA) is 46.6 Å². The highest BCUT2D eigenvalue weighted by molar-refractivity contribution is 6.23. The Kier molecular flexibility index (Phi) is 8.49. The predicted molar refractivity (Wildman–Crippen MR) is 258 cm³/mol. The zero-order chi connectivity index (χ0) is 41.0. The first-order valence-corrected chi connectivity index (χ1v) is 21.1. The van der Waals surface area contributed by atoms with Crippen LogP contribution in [0.1, 0.15) is 22.9 Å². The monoisotopic (exact) mass is 793 g/mol. The molecule has 0 aliphatic carbocycles. The predicted octanol–water partition coefficient (Wildman–Crippen LogP) is 13.7. The number of fused-ring (bicyclic) bond motifs is 6. The van der Waals surface area contributed by atoms with E-state index in [1.165, 1.54) is 43.7 Å². The molecule has 62 heavy (non-hydrogen) atoms. The minimum absolute atomic E-state index is 0.424. The maximum absolute atomic E-state index is 5.37. The van der Waals surface area contributed by atoms with Crippen LogP contribution in [0.2, 0.25) is 0 Å². The number of amidine groups is 2. The number of nitrogens with one attached hydrogen (secondary N) is 1. The fraction of sp³-hybridized carbons (Fsp3) is 0.0175. The maximum atomic E-state index is 5.37. The summed E-state index contributed by atoms with van der Waals surface area (Å²) in [6.07, 6.45) is -0.424. The molecule has 2 aromatic heterocycles. The van der Waals surface area contributed by atoms with Crippen molar-refractivity contribution >= 4 is 55.3 Å². The summed E-state index contributed by atoms with van der Waals surface area (Å²) in [6.45, 7) is 0. The Balaban J connectivity index is 1.14. The Morgan fingerprint density at radius 3 is 1.63 bits per heavy atom. The Morgan fingerprint density at radius 1 is 0.387 bits per heavy atom. The van der Waals surface area contributed by atoms with E-state index in [4.69, 9.17) is 9.98 Å². The number of aliphatic imine (C=N–C) groups is 2. The molecule has 1 aliphatic rings. The van der Waals surface area contributed by atoms with Crippen molar-refractivity contribution in [3.8, 4) is 33.6 Å². The van der Waals surface area contributed by atoms with Gasteiger partial charge < -0.3 is 14.5 Å². The van der Waals surface area contributed by atoms with Crippen LogP contribution in [0.25, 0.3) is 77.2 Å². The molecule has 0 amide bonds. The van der Waals surface area contributed by atoms with Crippen molar-refractivity contribution in [2.45, 2.75) is 6.17 Å². The van der Waals surface area contributed by atoms with Gasteiger partial charge in [0.2, 0.25) is 0 Å². The lowest BCUT2D eigenvalue weighted by Crippen LogP contribution is -2.34. The smallest absolute Gasteiger partial charge is 0.159 e. The van der Waals surface area contributed by atoms with Crippen molar-refractivity contribution in [2.75, 3.05) is 0 Å². The lowest BCUT2D eigenvalue weighted by atomic mass is 9.94. The van der Waals surface area contributed by atoms with E-state index in [2.05, 4.69) is 215 Å². The number of aromatic nitrogens is 2. The summed E-state index contributed by atoms with van der Waals surface area (Å²) < 4.78 is 4.88. The van der Waals surface area contributed by atoms with E-state index in [1.54, 1.807) is 0 Å². The number of hydrogen-bond donors (Lipinski definition) is 1. The molecule has 1 N–H and O–H groups in total. The zero-order valence-electron chi connectivity index (χ0n) is 33.7. The van der Waals surface area contributed by atoms with Crippen molar-refractivity contribution < 1.29 is 0 Å². The van der Waals surface area contributed by atoms with Gasteiger partial charge in [-0.15, -0.1) is 0 Å². The molecule has 12 rings (SSSR count). The van der Waals surface area contributed by atoms with Crippen molar-refractivity contribution in [1.82, 2.24) is 14.5 Å². The summed E-state index contributed by atoms with van der Waals surface area (Å²) in [7, 11) is 0. The molecular formula is C57H39N5. The minimum Gasteiger partial charge on any atom is -0.344 e. The highest BCUT2D eigenvalue weighted by atomic mass is 15.2. The lowest BCUT2D eigenvalue weighted by Gasteiger charge is -2.26. The van der Waals surface area contributed by atoms with Crippen LogP contribution in [-0.2, 0) is 0 Å². The molecule has 0 saturated heterocycles. The SMILES string of the molecule is c1ccc(C2=NC(c3ccccc3-n3c4cccc(-c5cccc6c5c5ccccc5n6-c5ccccc5)c4c4cccc(-c5ccccc5)c43)NC(c3ccccc3)=N2)cc1. The Bertz CT molecular complexity index is 3530. The Hall–Kier alpha value is -8.28. The van der Waals surface area contributed by atoms with E-state index < -0.39 is 6.17 Å². The van der Waals surface area contributed by atoms with Crippen molar-refractivity contribution in [2.24, 2.45) is 9.98 Å². The first-order chi connectivity index (χ1) is 30.8.